The molecule has 0 unspecified atom stereocenters. The van der Waals surface area contributed by atoms with E-state index in [0.29, 0.717) is 12.0 Å². The lowest BCUT2D eigenvalue weighted by atomic mass is 9.99. The minimum atomic E-state index is 0.199. The summed E-state index contributed by atoms with van der Waals surface area (Å²) >= 11 is 0. The molecule has 0 aromatic rings. The highest BCUT2D eigenvalue weighted by molar-refractivity contribution is 5.75. The normalized spacial score (nSPS) is 32.3. The molecule has 3 nitrogen and oxygen atoms in total. The van der Waals surface area contributed by atoms with E-state index < -0.39 is 0 Å². The van der Waals surface area contributed by atoms with Crippen LogP contribution in [0.15, 0.2) is 12.2 Å². The molecule has 1 aliphatic carbocycles. The first-order valence-electron chi connectivity index (χ1n) is 5.87. The highest BCUT2D eigenvalue weighted by atomic mass is 16.2. The number of hydrogen-bond acceptors (Lipinski definition) is 1. The summed E-state index contributed by atoms with van der Waals surface area (Å²) in [6, 6.07) is 0.543. The molecule has 0 aromatic heterocycles. The standard InChI is InChI=1S/C12H20N2O/c1-10-8-13(2)12(15)14(9-10)11-6-4-3-5-7-11/h4,6,10-11H,3,5,7-9H2,1-2H3/t10-,11-/m1/s1. The zero-order valence-electron chi connectivity index (χ0n) is 9.65. The number of carbonyl (C=O) groups is 1. The van der Waals surface area contributed by atoms with Gasteiger partial charge in [0.1, 0.15) is 0 Å². The largest absolute Gasteiger partial charge is 0.327 e. The maximum Gasteiger partial charge on any atom is 0.320 e. The van der Waals surface area contributed by atoms with Gasteiger partial charge >= 0.3 is 6.03 Å². The van der Waals surface area contributed by atoms with Crippen LogP contribution in [0.4, 0.5) is 4.79 Å². The molecule has 2 aliphatic rings. The van der Waals surface area contributed by atoms with Gasteiger partial charge in [-0.05, 0) is 25.2 Å². The molecule has 3 heteroatoms. The van der Waals surface area contributed by atoms with Crippen molar-refractivity contribution < 1.29 is 4.79 Å². The zero-order valence-corrected chi connectivity index (χ0v) is 9.65. The van der Waals surface area contributed by atoms with E-state index in [2.05, 4.69) is 19.1 Å². The molecular weight excluding hydrogens is 188 g/mol. The van der Waals surface area contributed by atoms with Crippen LogP contribution in [0, 0.1) is 5.92 Å². The molecule has 0 saturated carbocycles. The number of hydrogen-bond donors (Lipinski definition) is 0. The summed E-state index contributed by atoms with van der Waals surface area (Å²) in [4.78, 5) is 15.9. The molecule has 0 N–H and O–H groups in total. The van der Waals surface area contributed by atoms with Gasteiger partial charge in [0.2, 0.25) is 0 Å². The number of rotatable bonds is 1. The van der Waals surface area contributed by atoms with Crippen LogP contribution in [-0.4, -0.2) is 42.0 Å². The fourth-order valence-electron chi connectivity index (χ4n) is 2.57. The van der Waals surface area contributed by atoms with E-state index in [4.69, 9.17) is 0 Å². The Morgan fingerprint density at radius 3 is 2.87 bits per heavy atom. The lowest BCUT2D eigenvalue weighted by Gasteiger charge is -2.41. The average Bonchev–Trinajstić information content (AvgIpc) is 2.24. The molecule has 0 radical (unpaired) electrons. The first-order chi connectivity index (χ1) is 7.18. The molecular formula is C12H20N2O. The lowest BCUT2D eigenvalue weighted by Crippen LogP contribution is -2.54. The molecule has 0 bridgehead atoms. The molecule has 2 atom stereocenters. The third kappa shape index (κ3) is 2.16. The smallest absolute Gasteiger partial charge is 0.320 e. The van der Waals surface area contributed by atoms with E-state index in [1.165, 1.54) is 12.8 Å². The van der Waals surface area contributed by atoms with Crippen molar-refractivity contribution in [2.45, 2.75) is 32.2 Å². The molecule has 1 fully saturated rings. The van der Waals surface area contributed by atoms with Gasteiger partial charge in [0.25, 0.3) is 0 Å². The number of urea groups is 1. The molecule has 84 valence electrons. The molecule has 1 aliphatic heterocycles. The van der Waals surface area contributed by atoms with Crippen molar-refractivity contribution in [1.82, 2.24) is 9.80 Å². The molecule has 2 amide bonds. The van der Waals surface area contributed by atoms with E-state index >= 15 is 0 Å². The van der Waals surface area contributed by atoms with Gasteiger partial charge in [-0.25, -0.2) is 4.79 Å². The first kappa shape index (κ1) is 10.5. The molecule has 15 heavy (non-hydrogen) atoms. The van der Waals surface area contributed by atoms with Crippen LogP contribution in [0.3, 0.4) is 0 Å². The van der Waals surface area contributed by atoms with Crippen molar-refractivity contribution in [1.29, 1.82) is 0 Å². The minimum absolute atomic E-state index is 0.199. The van der Waals surface area contributed by atoms with Gasteiger partial charge in [0.15, 0.2) is 0 Å². The summed E-state index contributed by atoms with van der Waals surface area (Å²) in [5.41, 5.74) is 0. The van der Waals surface area contributed by atoms with Gasteiger partial charge in [0.05, 0.1) is 6.04 Å². The van der Waals surface area contributed by atoms with E-state index in [1.807, 2.05) is 16.8 Å². The van der Waals surface area contributed by atoms with Crippen molar-refractivity contribution >= 4 is 6.03 Å². The van der Waals surface area contributed by atoms with Crippen molar-refractivity contribution in [3.05, 3.63) is 12.2 Å². The quantitative estimate of drug-likeness (QED) is 0.605. The second-order valence-electron chi connectivity index (χ2n) is 4.85. The van der Waals surface area contributed by atoms with E-state index in [9.17, 15) is 4.79 Å². The maximum atomic E-state index is 12.0. The van der Waals surface area contributed by atoms with Gasteiger partial charge < -0.3 is 9.80 Å². The van der Waals surface area contributed by atoms with Gasteiger partial charge in [0, 0.05) is 20.1 Å². The van der Waals surface area contributed by atoms with Crippen LogP contribution in [0.2, 0.25) is 0 Å². The van der Waals surface area contributed by atoms with E-state index in [0.717, 1.165) is 19.5 Å². The van der Waals surface area contributed by atoms with Crippen molar-refractivity contribution in [2.24, 2.45) is 5.92 Å². The highest BCUT2D eigenvalue weighted by Gasteiger charge is 2.31. The Labute approximate surface area is 91.7 Å². The van der Waals surface area contributed by atoms with Crippen molar-refractivity contribution in [2.75, 3.05) is 20.1 Å². The van der Waals surface area contributed by atoms with Crippen LogP contribution >= 0.6 is 0 Å². The number of amides is 2. The third-order valence-electron chi connectivity index (χ3n) is 3.30. The van der Waals surface area contributed by atoms with Gasteiger partial charge in [-0.15, -0.1) is 0 Å². The van der Waals surface area contributed by atoms with Crippen LogP contribution in [0.1, 0.15) is 26.2 Å². The highest BCUT2D eigenvalue weighted by Crippen LogP contribution is 2.22. The monoisotopic (exact) mass is 208 g/mol. The fourth-order valence-corrected chi connectivity index (χ4v) is 2.57. The average molecular weight is 208 g/mol. The minimum Gasteiger partial charge on any atom is -0.327 e. The zero-order chi connectivity index (χ0) is 10.8. The van der Waals surface area contributed by atoms with Crippen molar-refractivity contribution in [3.63, 3.8) is 0 Å². The molecule has 0 spiro atoms. The first-order valence-corrected chi connectivity index (χ1v) is 5.87. The Kier molecular flexibility index (Phi) is 2.98. The summed E-state index contributed by atoms with van der Waals surface area (Å²) in [5.74, 6) is 0.586. The fraction of sp³-hybridized carbons (Fsp3) is 0.750. The Morgan fingerprint density at radius 1 is 1.40 bits per heavy atom. The second kappa shape index (κ2) is 4.25. The molecule has 0 aromatic carbocycles. The summed E-state index contributed by atoms with van der Waals surface area (Å²) in [6.07, 6.45) is 7.92. The third-order valence-corrected chi connectivity index (χ3v) is 3.30. The molecule has 1 heterocycles. The summed E-state index contributed by atoms with van der Waals surface area (Å²) in [7, 11) is 1.90. The van der Waals surface area contributed by atoms with E-state index in [-0.39, 0.29) is 6.03 Å². The number of carbonyl (C=O) groups excluding carboxylic acids is 1. The number of nitrogens with zero attached hydrogens (tertiary/aromatic N) is 2. The van der Waals surface area contributed by atoms with Gasteiger partial charge in [-0.2, -0.15) is 0 Å². The Balaban J connectivity index is 2.08. The molecule has 1 saturated heterocycles. The van der Waals surface area contributed by atoms with E-state index in [1.54, 1.807) is 0 Å². The van der Waals surface area contributed by atoms with Gasteiger partial charge in [-0.1, -0.05) is 19.1 Å². The Hall–Kier alpha value is -0.990. The number of allylic oxidation sites excluding steroid dienone is 1. The predicted octanol–water partition coefficient (Wildman–Crippen LogP) is 2.10. The SMILES string of the molecule is C[C@@H]1CN(C)C(=O)N([C@@H]2C=CCCC2)C1. The Morgan fingerprint density at radius 2 is 2.20 bits per heavy atom. The van der Waals surface area contributed by atoms with Crippen LogP contribution < -0.4 is 0 Å². The molecule has 2 rings (SSSR count). The van der Waals surface area contributed by atoms with Crippen LogP contribution in [0.25, 0.3) is 0 Å². The van der Waals surface area contributed by atoms with Crippen molar-refractivity contribution in [3.8, 4) is 0 Å². The summed E-state index contributed by atoms with van der Waals surface area (Å²) < 4.78 is 0. The summed E-state index contributed by atoms with van der Waals surface area (Å²) in [6.45, 7) is 4.02. The lowest BCUT2D eigenvalue weighted by molar-refractivity contribution is 0.103. The van der Waals surface area contributed by atoms with Crippen LogP contribution in [-0.2, 0) is 0 Å². The van der Waals surface area contributed by atoms with Crippen LogP contribution in [0.5, 0.6) is 0 Å². The Bertz CT molecular complexity index is 275. The topological polar surface area (TPSA) is 23.6 Å². The van der Waals surface area contributed by atoms with Gasteiger partial charge in [-0.3, -0.25) is 0 Å². The summed E-state index contributed by atoms with van der Waals surface area (Å²) in [5, 5.41) is 0. The second-order valence-corrected chi connectivity index (χ2v) is 4.85. The maximum absolute atomic E-state index is 12.0. The predicted molar refractivity (Wildman–Crippen MR) is 60.7 cm³/mol.